The fraction of sp³-hybridized carbons (Fsp3) is 0.667. The zero-order valence-electron chi connectivity index (χ0n) is 22.2. The maximum absolute atomic E-state index is 13.3. The van der Waals surface area contributed by atoms with Crippen molar-refractivity contribution in [1.29, 1.82) is 0 Å². The van der Waals surface area contributed by atoms with Crippen molar-refractivity contribution >= 4 is 23.4 Å². The topological polar surface area (TPSA) is 91.0 Å². The lowest BCUT2D eigenvalue weighted by atomic mass is 9.81. The molecule has 1 heterocycles. The van der Waals surface area contributed by atoms with Crippen LogP contribution in [0.2, 0.25) is 0 Å². The molecule has 0 bridgehead atoms. The van der Waals surface area contributed by atoms with Crippen molar-refractivity contribution in [3.05, 3.63) is 24.3 Å². The molecule has 2 aliphatic rings. The van der Waals surface area contributed by atoms with E-state index in [0.717, 1.165) is 25.7 Å². The van der Waals surface area contributed by atoms with Gasteiger partial charge in [0, 0.05) is 63.7 Å². The number of benzene rings is 1. The summed E-state index contributed by atoms with van der Waals surface area (Å²) in [6.07, 6.45) is 1.71. The number of alkyl halides is 3. The van der Waals surface area contributed by atoms with E-state index >= 15 is 0 Å². The van der Waals surface area contributed by atoms with Crippen LogP contribution in [0.25, 0.3) is 0 Å². The largest absolute Gasteiger partial charge is 0.573 e. The third-order valence-electron chi connectivity index (χ3n) is 7.30. The standard InChI is InChI=1S/C27H39F3N4O4/c1-19(18-31-23-8-10-24(11-9-23)38-27(28,29)30)32-26(37)22(16-21-6-4-3-5-7-21)17-25(36)34-14-12-33(13-15-34)20(2)35/h8-11,19,21-22,31H,3-7,12-18H2,1-2H3,(H,32,37). The van der Waals surface area contributed by atoms with Crippen LogP contribution in [-0.4, -0.2) is 72.6 Å². The van der Waals surface area contributed by atoms with Gasteiger partial charge in [-0.2, -0.15) is 0 Å². The van der Waals surface area contributed by atoms with Gasteiger partial charge in [0.15, 0.2) is 0 Å². The number of hydrogen-bond donors (Lipinski definition) is 2. The molecule has 0 radical (unpaired) electrons. The van der Waals surface area contributed by atoms with Crippen LogP contribution in [0.5, 0.6) is 5.75 Å². The Morgan fingerprint density at radius 1 is 1.00 bits per heavy atom. The number of hydrogen-bond acceptors (Lipinski definition) is 5. The SMILES string of the molecule is CC(=O)N1CCN(C(=O)CC(CC2CCCCC2)C(=O)NC(C)CNc2ccc(OC(F)(F)F)cc2)CC1. The van der Waals surface area contributed by atoms with Gasteiger partial charge in [0.05, 0.1) is 0 Å². The van der Waals surface area contributed by atoms with Gasteiger partial charge in [-0.15, -0.1) is 13.2 Å². The molecule has 38 heavy (non-hydrogen) atoms. The van der Waals surface area contributed by atoms with Crippen molar-refractivity contribution in [2.24, 2.45) is 11.8 Å². The minimum atomic E-state index is -4.74. The highest BCUT2D eigenvalue weighted by molar-refractivity contribution is 5.86. The number of piperazine rings is 1. The molecule has 1 aliphatic heterocycles. The summed E-state index contributed by atoms with van der Waals surface area (Å²) in [6, 6.07) is 5.14. The van der Waals surface area contributed by atoms with Gasteiger partial charge < -0.3 is 25.2 Å². The summed E-state index contributed by atoms with van der Waals surface area (Å²) in [7, 11) is 0. The Bertz CT molecular complexity index is 927. The third-order valence-corrected chi connectivity index (χ3v) is 7.30. The van der Waals surface area contributed by atoms with E-state index in [4.69, 9.17) is 0 Å². The second-order valence-corrected chi connectivity index (χ2v) is 10.4. The normalized spacial score (nSPS) is 18.4. The summed E-state index contributed by atoms with van der Waals surface area (Å²) < 4.78 is 40.9. The van der Waals surface area contributed by atoms with Gasteiger partial charge in [0.1, 0.15) is 5.75 Å². The van der Waals surface area contributed by atoms with E-state index in [1.165, 1.54) is 37.6 Å². The summed E-state index contributed by atoms with van der Waals surface area (Å²) in [6.45, 7) is 5.69. The molecule has 0 spiro atoms. The fourth-order valence-electron chi connectivity index (χ4n) is 5.18. The first-order valence-corrected chi connectivity index (χ1v) is 13.4. The fourth-order valence-corrected chi connectivity index (χ4v) is 5.18. The van der Waals surface area contributed by atoms with Crippen molar-refractivity contribution in [1.82, 2.24) is 15.1 Å². The number of ether oxygens (including phenoxy) is 1. The second-order valence-electron chi connectivity index (χ2n) is 10.4. The van der Waals surface area contributed by atoms with Gasteiger partial charge in [-0.25, -0.2) is 0 Å². The maximum Gasteiger partial charge on any atom is 0.573 e. The summed E-state index contributed by atoms with van der Waals surface area (Å²) in [5.74, 6) is -0.529. The molecular weight excluding hydrogens is 501 g/mol. The average molecular weight is 541 g/mol. The number of carbonyl (C=O) groups is 3. The van der Waals surface area contributed by atoms with Crippen molar-refractivity contribution in [2.45, 2.75) is 71.2 Å². The lowest BCUT2D eigenvalue weighted by Gasteiger charge is -2.35. The summed E-state index contributed by atoms with van der Waals surface area (Å²) >= 11 is 0. The highest BCUT2D eigenvalue weighted by Crippen LogP contribution is 2.31. The van der Waals surface area contributed by atoms with Crippen LogP contribution >= 0.6 is 0 Å². The molecule has 2 atom stereocenters. The molecule has 1 aromatic rings. The van der Waals surface area contributed by atoms with Crippen LogP contribution in [0, 0.1) is 11.8 Å². The Kier molecular flexibility index (Phi) is 10.7. The maximum atomic E-state index is 13.3. The zero-order chi connectivity index (χ0) is 27.7. The van der Waals surface area contributed by atoms with Gasteiger partial charge in [-0.1, -0.05) is 32.1 Å². The van der Waals surface area contributed by atoms with E-state index in [-0.39, 0.29) is 35.9 Å². The predicted octanol–water partition coefficient (Wildman–Crippen LogP) is 4.17. The van der Waals surface area contributed by atoms with Crippen LogP contribution in [0.15, 0.2) is 24.3 Å². The quantitative estimate of drug-likeness (QED) is 0.465. The molecule has 1 saturated carbocycles. The molecule has 212 valence electrons. The van der Waals surface area contributed by atoms with Crippen LogP contribution in [-0.2, 0) is 14.4 Å². The average Bonchev–Trinajstić information content (AvgIpc) is 2.87. The molecule has 2 unspecified atom stereocenters. The smallest absolute Gasteiger partial charge is 0.406 e. The van der Waals surface area contributed by atoms with Gasteiger partial charge in [-0.05, 0) is 43.5 Å². The van der Waals surface area contributed by atoms with Crippen LogP contribution in [0.1, 0.15) is 58.8 Å². The summed E-state index contributed by atoms with van der Waals surface area (Å²) in [5.41, 5.74) is 0.597. The Morgan fingerprint density at radius 2 is 1.61 bits per heavy atom. The van der Waals surface area contributed by atoms with Crippen molar-refractivity contribution in [2.75, 3.05) is 38.0 Å². The second kappa shape index (κ2) is 13.7. The Hall–Kier alpha value is -2.98. The number of amides is 3. The van der Waals surface area contributed by atoms with Gasteiger partial charge in [-0.3, -0.25) is 14.4 Å². The highest BCUT2D eigenvalue weighted by atomic mass is 19.4. The van der Waals surface area contributed by atoms with E-state index in [0.29, 0.717) is 50.7 Å². The summed E-state index contributed by atoms with van der Waals surface area (Å²) in [5, 5.41) is 6.12. The van der Waals surface area contributed by atoms with E-state index in [1.807, 2.05) is 6.92 Å². The number of rotatable bonds is 10. The molecule has 3 amide bonds. The van der Waals surface area contributed by atoms with E-state index in [1.54, 1.807) is 9.80 Å². The lowest BCUT2D eigenvalue weighted by molar-refractivity contribution is -0.274. The monoisotopic (exact) mass is 540 g/mol. The van der Waals surface area contributed by atoms with E-state index in [2.05, 4.69) is 15.4 Å². The van der Waals surface area contributed by atoms with E-state index in [9.17, 15) is 27.6 Å². The van der Waals surface area contributed by atoms with Crippen molar-refractivity contribution in [3.63, 3.8) is 0 Å². The zero-order valence-corrected chi connectivity index (χ0v) is 22.2. The minimum absolute atomic E-state index is 0.000155. The minimum Gasteiger partial charge on any atom is -0.406 e. The molecule has 2 N–H and O–H groups in total. The Morgan fingerprint density at radius 3 is 2.18 bits per heavy atom. The molecule has 1 saturated heterocycles. The van der Waals surface area contributed by atoms with Crippen LogP contribution in [0.4, 0.5) is 18.9 Å². The van der Waals surface area contributed by atoms with Crippen molar-refractivity contribution < 1.29 is 32.3 Å². The van der Waals surface area contributed by atoms with Gasteiger partial charge >= 0.3 is 6.36 Å². The van der Waals surface area contributed by atoms with Crippen LogP contribution in [0.3, 0.4) is 0 Å². The molecular formula is C27H39F3N4O4. The Balaban J connectivity index is 1.53. The molecule has 0 aromatic heterocycles. The molecule has 2 fully saturated rings. The molecule has 3 rings (SSSR count). The molecule has 1 aliphatic carbocycles. The molecule has 1 aromatic carbocycles. The number of halogens is 3. The number of nitrogens with one attached hydrogen (secondary N) is 2. The van der Waals surface area contributed by atoms with E-state index < -0.39 is 12.3 Å². The predicted molar refractivity (Wildman–Crippen MR) is 137 cm³/mol. The first-order valence-electron chi connectivity index (χ1n) is 13.4. The molecule has 8 nitrogen and oxygen atoms in total. The molecule has 11 heteroatoms. The third kappa shape index (κ3) is 9.72. The highest BCUT2D eigenvalue weighted by Gasteiger charge is 2.32. The van der Waals surface area contributed by atoms with Crippen LogP contribution < -0.4 is 15.4 Å². The number of anilines is 1. The number of carbonyl (C=O) groups excluding carboxylic acids is 3. The van der Waals surface area contributed by atoms with Gasteiger partial charge in [0.2, 0.25) is 17.7 Å². The van der Waals surface area contributed by atoms with Gasteiger partial charge in [0.25, 0.3) is 0 Å². The first-order chi connectivity index (χ1) is 18.0. The summed E-state index contributed by atoms with van der Waals surface area (Å²) in [4.78, 5) is 41.4. The Labute approximate surface area is 222 Å². The first kappa shape index (κ1) is 29.6. The lowest BCUT2D eigenvalue weighted by Crippen LogP contribution is -2.51. The number of nitrogens with zero attached hydrogens (tertiary/aromatic N) is 2. The van der Waals surface area contributed by atoms with Crippen molar-refractivity contribution in [3.8, 4) is 5.75 Å².